The maximum atomic E-state index is 13.9. The van der Waals surface area contributed by atoms with E-state index in [4.69, 9.17) is 4.74 Å². The van der Waals surface area contributed by atoms with E-state index in [-0.39, 0.29) is 5.88 Å². The quantitative estimate of drug-likeness (QED) is 0.583. The fraction of sp³-hybridized carbons (Fsp3) is 0.118. The molecule has 0 bridgehead atoms. The fourth-order valence-electron chi connectivity index (χ4n) is 2.23. The Labute approximate surface area is 134 Å². The molecule has 2 nitrogen and oxygen atoms in total. The monoisotopic (exact) mass is 363 g/mol. The van der Waals surface area contributed by atoms with Crippen LogP contribution in [0.1, 0.15) is 11.7 Å². The van der Waals surface area contributed by atoms with Crippen molar-refractivity contribution in [1.82, 2.24) is 4.98 Å². The molecule has 0 saturated heterocycles. The Morgan fingerprint density at radius 3 is 2.36 bits per heavy atom. The second-order valence-electron chi connectivity index (χ2n) is 4.81. The smallest absolute Gasteiger partial charge is 0.341 e. The minimum Gasteiger partial charge on any atom is -0.462 e. The van der Waals surface area contributed by atoms with Gasteiger partial charge in [0.25, 0.3) is 0 Å². The molecule has 0 aliphatic heterocycles. The van der Waals surface area contributed by atoms with E-state index >= 15 is 0 Å². The SMILES string of the molecule is FC(F)(Br)[C@H](Oc1ccccn1)c1ccc2ccccc2c1. The van der Waals surface area contributed by atoms with Crippen LogP contribution in [0, 0.1) is 0 Å². The van der Waals surface area contributed by atoms with Crippen LogP contribution in [-0.2, 0) is 0 Å². The molecule has 0 N–H and O–H groups in total. The van der Waals surface area contributed by atoms with Crippen molar-refractivity contribution in [2.45, 2.75) is 10.9 Å². The van der Waals surface area contributed by atoms with Crippen molar-refractivity contribution >= 4 is 26.7 Å². The Hall–Kier alpha value is -2.01. The van der Waals surface area contributed by atoms with Crippen molar-refractivity contribution in [2.24, 2.45) is 0 Å². The Kier molecular flexibility index (Phi) is 4.07. The summed E-state index contributed by atoms with van der Waals surface area (Å²) in [5.41, 5.74) is 0.381. The van der Waals surface area contributed by atoms with Gasteiger partial charge >= 0.3 is 4.83 Å². The zero-order valence-electron chi connectivity index (χ0n) is 11.4. The van der Waals surface area contributed by atoms with Crippen molar-refractivity contribution in [3.05, 3.63) is 72.4 Å². The molecule has 0 spiro atoms. The van der Waals surface area contributed by atoms with Crippen molar-refractivity contribution in [1.29, 1.82) is 0 Å². The van der Waals surface area contributed by atoms with E-state index in [0.29, 0.717) is 5.56 Å². The summed E-state index contributed by atoms with van der Waals surface area (Å²) in [6.45, 7) is 0. The van der Waals surface area contributed by atoms with Gasteiger partial charge in [-0.05, 0) is 38.8 Å². The largest absolute Gasteiger partial charge is 0.462 e. The molecule has 0 unspecified atom stereocenters. The van der Waals surface area contributed by atoms with Crippen molar-refractivity contribution in [3.63, 3.8) is 0 Å². The summed E-state index contributed by atoms with van der Waals surface area (Å²) in [4.78, 5) is 0.728. The second-order valence-corrected chi connectivity index (χ2v) is 5.87. The van der Waals surface area contributed by atoms with Crippen molar-refractivity contribution in [3.8, 4) is 5.88 Å². The summed E-state index contributed by atoms with van der Waals surface area (Å²) in [7, 11) is 0. The van der Waals surface area contributed by atoms with Crippen molar-refractivity contribution < 1.29 is 13.5 Å². The molecule has 3 rings (SSSR count). The predicted octanol–water partition coefficient (Wildman–Crippen LogP) is 5.34. The third kappa shape index (κ3) is 3.25. The summed E-state index contributed by atoms with van der Waals surface area (Å²) < 4.78 is 33.3. The number of aromatic nitrogens is 1. The van der Waals surface area contributed by atoms with Gasteiger partial charge in [0.1, 0.15) is 0 Å². The number of hydrogen-bond acceptors (Lipinski definition) is 2. The van der Waals surface area contributed by atoms with Gasteiger partial charge in [-0.15, -0.1) is 0 Å². The normalized spacial score (nSPS) is 13.0. The van der Waals surface area contributed by atoms with E-state index in [1.807, 2.05) is 24.3 Å². The lowest BCUT2D eigenvalue weighted by atomic mass is 10.0. The first-order valence-electron chi connectivity index (χ1n) is 6.67. The first-order valence-corrected chi connectivity index (χ1v) is 7.46. The molecule has 0 aliphatic rings. The van der Waals surface area contributed by atoms with Crippen LogP contribution in [-0.4, -0.2) is 9.82 Å². The highest BCUT2D eigenvalue weighted by Gasteiger charge is 2.40. The van der Waals surface area contributed by atoms with Crippen LogP contribution in [0.25, 0.3) is 10.8 Å². The van der Waals surface area contributed by atoms with Crippen LogP contribution in [0.3, 0.4) is 0 Å². The van der Waals surface area contributed by atoms with Crippen LogP contribution >= 0.6 is 15.9 Å². The third-order valence-electron chi connectivity index (χ3n) is 3.25. The van der Waals surface area contributed by atoms with E-state index < -0.39 is 10.9 Å². The van der Waals surface area contributed by atoms with Gasteiger partial charge in [0.05, 0.1) is 0 Å². The lowest BCUT2D eigenvalue weighted by molar-refractivity contribution is -0.0162. The first kappa shape index (κ1) is 14.9. The van der Waals surface area contributed by atoms with E-state index in [1.54, 1.807) is 36.4 Å². The number of alkyl halides is 3. The number of fused-ring (bicyclic) bond motifs is 1. The average molecular weight is 364 g/mol. The summed E-state index contributed by atoms with van der Waals surface area (Å²) in [6.07, 6.45) is 0.0334. The second kappa shape index (κ2) is 6.01. The minimum atomic E-state index is -3.22. The molecule has 0 aliphatic carbocycles. The number of pyridine rings is 1. The molecule has 0 saturated carbocycles. The number of rotatable bonds is 4. The van der Waals surface area contributed by atoms with Gasteiger partial charge in [0, 0.05) is 17.8 Å². The molecular weight excluding hydrogens is 352 g/mol. The highest BCUT2D eigenvalue weighted by molar-refractivity contribution is 9.10. The molecule has 5 heteroatoms. The molecule has 3 aromatic rings. The molecular formula is C17H12BrF2NO. The predicted molar refractivity (Wildman–Crippen MR) is 85.4 cm³/mol. The van der Waals surface area contributed by atoms with Gasteiger partial charge in [0.2, 0.25) is 5.88 Å². The lowest BCUT2D eigenvalue weighted by Crippen LogP contribution is -2.24. The van der Waals surface area contributed by atoms with E-state index in [1.165, 1.54) is 6.20 Å². The molecule has 0 fully saturated rings. The van der Waals surface area contributed by atoms with Crippen LogP contribution in [0.15, 0.2) is 66.9 Å². The van der Waals surface area contributed by atoms with Crippen LogP contribution in [0.2, 0.25) is 0 Å². The highest BCUT2D eigenvalue weighted by Crippen LogP contribution is 2.40. The third-order valence-corrected chi connectivity index (χ3v) is 3.67. The molecule has 22 heavy (non-hydrogen) atoms. The zero-order chi connectivity index (χ0) is 15.6. The lowest BCUT2D eigenvalue weighted by Gasteiger charge is -2.23. The van der Waals surface area contributed by atoms with Crippen LogP contribution < -0.4 is 4.74 Å². The summed E-state index contributed by atoms with van der Waals surface area (Å²) in [5.74, 6) is 0.153. The fourth-order valence-corrected chi connectivity index (χ4v) is 2.59. The Morgan fingerprint density at radius 2 is 1.68 bits per heavy atom. The summed E-state index contributed by atoms with van der Waals surface area (Å²) in [5, 5.41) is 1.87. The van der Waals surface area contributed by atoms with E-state index in [9.17, 15) is 8.78 Å². The number of nitrogens with zero attached hydrogens (tertiary/aromatic N) is 1. The minimum absolute atomic E-state index is 0.153. The zero-order valence-corrected chi connectivity index (χ0v) is 13.0. The molecule has 2 aromatic carbocycles. The van der Waals surface area contributed by atoms with Crippen LogP contribution in [0.4, 0.5) is 8.78 Å². The number of halogens is 3. The number of hydrogen-bond donors (Lipinski definition) is 0. The molecule has 0 amide bonds. The highest BCUT2D eigenvalue weighted by atomic mass is 79.9. The number of benzene rings is 2. The maximum absolute atomic E-state index is 13.9. The molecule has 0 radical (unpaired) electrons. The van der Waals surface area contributed by atoms with Gasteiger partial charge in [-0.25, -0.2) is 4.98 Å². The van der Waals surface area contributed by atoms with Gasteiger partial charge in [0.15, 0.2) is 6.10 Å². The summed E-state index contributed by atoms with van der Waals surface area (Å²) in [6, 6.07) is 17.7. The summed E-state index contributed by atoms with van der Waals surface area (Å²) >= 11 is 2.42. The Bertz CT molecular complexity index is 774. The molecule has 1 atom stereocenters. The van der Waals surface area contributed by atoms with E-state index in [0.717, 1.165) is 10.8 Å². The molecule has 112 valence electrons. The number of ether oxygens (including phenoxy) is 1. The Morgan fingerprint density at radius 1 is 0.955 bits per heavy atom. The van der Waals surface area contributed by atoms with Crippen LogP contribution in [0.5, 0.6) is 5.88 Å². The maximum Gasteiger partial charge on any atom is 0.341 e. The first-order chi connectivity index (χ1) is 10.5. The topological polar surface area (TPSA) is 22.1 Å². The standard InChI is InChI=1S/C17H12BrF2NO/c18-17(19,20)16(22-15-7-3-4-10-21-15)14-9-8-12-5-1-2-6-13(12)11-14/h1-11,16H/t16-/m1/s1. The van der Waals surface area contributed by atoms with E-state index in [2.05, 4.69) is 20.9 Å². The van der Waals surface area contributed by atoms with Gasteiger partial charge in [-0.3, -0.25) is 0 Å². The van der Waals surface area contributed by atoms with Gasteiger partial charge in [-0.2, -0.15) is 8.78 Å². The molecule has 1 heterocycles. The molecule has 1 aromatic heterocycles. The average Bonchev–Trinajstić information content (AvgIpc) is 2.52. The Balaban J connectivity index is 2.00. The van der Waals surface area contributed by atoms with Gasteiger partial charge < -0.3 is 4.74 Å². The van der Waals surface area contributed by atoms with Crippen molar-refractivity contribution in [2.75, 3.05) is 0 Å². The van der Waals surface area contributed by atoms with Gasteiger partial charge in [-0.1, -0.05) is 42.5 Å².